The van der Waals surface area contributed by atoms with Crippen LogP contribution < -0.4 is 0 Å². The highest BCUT2D eigenvalue weighted by atomic mass is 16.5. The van der Waals surface area contributed by atoms with E-state index in [1.807, 2.05) is 37.3 Å². The van der Waals surface area contributed by atoms with Gasteiger partial charge in [-0.3, -0.25) is 0 Å². The van der Waals surface area contributed by atoms with Crippen molar-refractivity contribution in [3.8, 4) is 11.1 Å². The molecule has 18 heavy (non-hydrogen) atoms. The third-order valence-electron chi connectivity index (χ3n) is 2.67. The maximum absolute atomic E-state index is 11.7. The molecule has 2 aromatic rings. The quantitative estimate of drug-likeness (QED) is 0.774. The molecule has 0 aliphatic heterocycles. The lowest BCUT2D eigenvalue weighted by atomic mass is 10.0. The average molecular weight is 241 g/mol. The molecular weight excluding hydrogens is 226 g/mol. The van der Waals surface area contributed by atoms with Gasteiger partial charge in [-0.1, -0.05) is 30.3 Å². The van der Waals surface area contributed by atoms with E-state index in [2.05, 4.69) is 4.98 Å². The monoisotopic (exact) mass is 241 g/mol. The first-order chi connectivity index (χ1) is 8.72. The van der Waals surface area contributed by atoms with Gasteiger partial charge >= 0.3 is 5.97 Å². The molecule has 0 saturated heterocycles. The van der Waals surface area contributed by atoms with Crippen molar-refractivity contribution in [1.82, 2.24) is 4.98 Å². The number of nitrogens with zero attached hydrogens (tertiary/aromatic N) is 1. The Labute approximate surface area is 106 Å². The molecule has 1 heterocycles. The van der Waals surface area contributed by atoms with Crippen molar-refractivity contribution in [2.24, 2.45) is 0 Å². The fraction of sp³-hybridized carbons (Fsp3) is 0.200. The van der Waals surface area contributed by atoms with Crippen molar-refractivity contribution in [1.29, 1.82) is 0 Å². The summed E-state index contributed by atoms with van der Waals surface area (Å²) in [6.45, 7) is 4.11. The van der Waals surface area contributed by atoms with E-state index in [4.69, 9.17) is 4.74 Å². The first-order valence-corrected chi connectivity index (χ1v) is 5.91. The summed E-state index contributed by atoms with van der Waals surface area (Å²) < 4.78 is 4.96. The van der Waals surface area contributed by atoms with Gasteiger partial charge in [0.25, 0.3) is 0 Å². The van der Waals surface area contributed by atoms with E-state index in [0.29, 0.717) is 12.3 Å². The van der Waals surface area contributed by atoms with E-state index < -0.39 is 0 Å². The van der Waals surface area contributed by atoms with Gasteiger partial charge in [-0.2, -0.15) is 0 Å². The Morgan fingerprint density at radius 3 is 2.67 bits per heavy atom. The van der Waals surface area contributed by atoms with Crippen LogP contribution in [0.15, 0.2) is 42.6 Å². The molecule has 0 saturated carbocycles. The van der Waals surface area contributed by atoms with Crippen molar-refractivity contribution >= 4 is 5.97 Å². The highest BCUT2D eigenvalue weighted by molar-refractivity contribution is 5.89. The highest BCUT2D eigenvalue weighted by Gasteiger charge is 2.11. The third-order valence-corrected chi connectivity index (χ3v) is 2.67. The molecule has 0 spiro atoms. The molecule has 0 fully saturated rings. The van der Waals surface area contributed by atoms with Crippen molar-refractivity contribution in [3.05, 3.63) is 53.9 Å². The number of ether oxygens (including phenoxy) is 1. The van der Waals surface area contributed by atoms with Crippen LogP contribution in [0.3, 0.4) is 0 Å². The molecule has 0 bridgehead atoms. The predicted octanol–water partition coefficient (Wildman–Crippen LogP) is 3.23. The van der Waals surface area contributed by atoms with Gasteiger partial charge in [0.1, 0.15) is 5.69 Å². The summed E-state index contributed by atoms with van der Waals surface area (Å²) in [5.41, 5.74) is 3.46. The molecule has 2 rings (SSSR count). The largest absolute Gasteiger partial charge is 0.461 e. The number of benzene rings is 1. The molecule has 0 unspecified atom stereocenters. The Bertz CT molecular complexity index is 550. The first kappa shape index (κ1) is 12.3. The molecular formula is C15H15NO2. The lowest BCUT2D eigenvalue weighted by Gasteiger charge is -2.08. The Morgan fingerprint density at radius 2 is 2.00 bits per heavy atom. The van der Waals surface area contributed by atoms with Crippen LogP contribution in [0.1, 0.15) is 23.0 Å². The fourth-order valence-electron chi connectivity index (χ4n) is 1.77. The number of carbonyl (C=O) groups is 1. The molecule has 0 aliphatic rings. The number of carbonyl (C=O) groups excluding carboxylic acids is 1. The smallest absolute Gasteiger partial charge is 0.356 e. The molecule has 1 aromatic carbocycles. The molecule has 0 N–H and O–H groups in total. The van der Waals surface area contributed by atoms with Gasteiger partial charge < -0.3 is 4.74 Å². The number of esters is 1. The number of rotatable bonds is 3. The molecule has 0 aliphatic carbocycles. The van der Waals surface area contributed by atoms with E-state index in [1.165, 1.54) is 0 Å². The van der Waals surface area contributed by atoms with Crippen molar-refractivity contribution in [2.75, 3.05) is 6.61 Å². The summed E-state index contributed by atoms with van der Waals surface area (Å²) in [5, 5.41) is 0. The molecule has 0 radical (unpaired) electrons. The van der Waals surface area contributed by atoms with E-state index in [0.717, 1.165) is 16.7 Å². The van der Waals surface area contributed by atoms with Crippen LogP contribution in [0.2, 0.25) is 0 Å². The third kappa shape index (κ3) is 2.56. The summed E-state index contributed by atoms with van der Waals surface area (Å²) in [6, 6.07) is 11.7. The van der Waals surface area contributed by atoms with Gasteiger partial charge in [0.05, 0.1) is 6.61 Å². The fourth-order valence-corrected chi connectivity index (χ4v) is 1.77. The Morgan fingerprint density at radius 1 is 1.28 bits per heavy atom. The minimum Gasteiger partial charge on any atom is -0.461 e. The molecule has 1 aromatic heterocycles. The van der Waals surface area contributed by atoms with Gasteiger partial charge in [0.2, 0.25) is 0 Å². The molecule has 3 heteroatoms. The van der Waals surface area contributed by atoms with E-state index >= 15 is 0 Å². The summed E-state index contributed by atoms with van der Waals surface area (Å²) >= 11 is 0. The van der Waals surface area contributed by atoms with Gasteiger partial charge in [0.15, 0.2) is 0 Å². The van der Waals surface area contributed by atoms with Crippen LogP contribution in [0.25, 0.3) is 11.1 Å². The summed E-state index contributed by atoms with van der Waals surface area (Å²) in [4.78, 5) is 15.8. The first-order valence-electron chi connectivity index (χ1n) is 5.91. The zero-order chi connectivity index (χ0) is 13.0. The van der Waals surface area contributed by atoms with Crippen molar-refractivity contribution in [3.63, 3.8) is 0 Å². The van der Waals surface area contributed by atoms with Crippen LogP contribution in [0.5, 0.6) is 0 Å². The molecule has 92 valence electrons. The maximum atomic E-state index is 11.7. The minimum atomic E-state index is -0.380. The van der Waals surface area contributed by atoms with E-state index in [1.54, 1.807) is 19.2 Å². The summed E-state index contributed by atoms with van der Waals surface area (Å²) in [6.07, 6.45) is 1.70. The van der Waals surface area contributed by atoms with Crippen LogP contribution in [0.4, 0.5) is 0 Å². The Balaban J connectivity index is 2.42. The SMILES string of the molecule is CCOC(=O)c1cc(-c2ccccc2)c(C)cn1. The lowest BCUT2D eigenvalue weighted by molar-refractivity contribution is 0.0519. The van der Waals surface area contributed by atoms with Gasteiger partial charge in [-0.25, -0.2) is 9.78 Å². The van der Waals surface area contributed by atoms with Gasteiger partial charge in [0, 0.05) is 6.20 Å². The lowest BCUT2D eigenvalue weighted by Crippen LogP contribution is -2.07. The second-order valence-corrected chi connectivity index (χ2v) is 3.97. The second kappa shape index (κ2) is 5.45. The topological polar surface area (TPSA) is 39.2 Å². The van der Waals surface area contributed by atoms with Crippen LogP contribution in [-0.2, 0) is 4.74 Å². The highest BCUT2D eigenvalue weighted by Crippen LogP contribution is 2.23. The molecule has 0 atom stereocenters. The number of pyridine rings is 1. The van der Waals surface area contributed by atoms with Gasteiger partial charge in [-0.15, -0.1) is 0 Å². The number of aryl methyl sites for hydroxylation is 1. The predicted molar refractivity (Wildman–Crippen MR) is 70.4 cm³/mol. The van der Waals surface area contributed by atoms with Crippen LogP contribution in [-0.4, -0.2) is 17.6 Å². The summed E-state index contributed by atoms with van der Waals surface area (Å²) in [7, 11) is 0. The average Bonchev–Trinajstić information content (AvgIpc) is 2.40. The second-order valence-electron chi connectivity index (χ2n) is 3.97. The van der Waals surface area contributed by atoms with Crippen LogP contribution >= 0.6 is 0 Å². The standard InChI is InChI=1S/C15H15NO2/c1-3-18-15(17)14-9-13(11(2)10-16-14)12-7-5-4-6-8-12/h4-10H,3H2,1-2H3. The molecule has 3 nitrogen and oxygen atoms in total. The molecule has 0 amide bonds. The number of hydrogen-bond donors (Lipinski definition) is 0. The number of hydrogen-bond acceptors (Lipinski definition) is 3. The zero-order valence-corrected chi connectivity index (χ0v) is 10.5. The van der Waals surface area contributed by atoms with Crippen molar-refractivity contribution < 1.29 is 9.53 Å². The maximum Gasteiger partial charge on any atom is 0.356 e. The van der Waals surface area contributed by atoms with E-state index in [9.17, 15) is 4.79 Å². The zero-order valence-electron chi connectivity index (χ0n) is 10.5. The normalized spacial score (nSPS) is 10.1. The van der Waals surface area contributed by atoms with E-state index in [-0.39, 0.29) is 5.97 Å². The Hall–Kier alpha value is -2.16. The minimum absolute atomic E-state index is 0.348. The summed E-state index contributed by atoms with van der Waals surface area (Å²) in [5.74, 6) is -0.380. The van der Waals surface area contributed by atoms with Crippen LogP contribution in [0, 0.1) is 6.92 Å². The number of aromatic nitrogens is 1. The van der Waals surface area contributed by atoms with Gasteiger partial charge in [-0.05, 0) is 36.6 Å². The van der Waals surface area contributed by atoms with Crippen molar-refractivity contribution in [2.45, 2.75) is 13.8 Å². The Kier molecular flexibility index (Phi) is 3.72.